The number of benzene rings is 1. The number of nitrogens with two attached hydrogens (primary N) is 1. The monoisotopic (exact) mass is 363 g/mol. The Balaban J connectivity index is 1.66. The standard InChI is InChI=1S/C18H22N2O4S/c1-20(15-9-11-25(22,23)13-15)17(21)12-19-18(16-8-5-10-24-16)14-6-3-2-4-7-14/h2-8,10,15,18-19H,9,11-13H2,1H3/p+1/t15-,18-/m1/s1. The third kappa shape index (κ3) is 4.29. The molecular formula is C18H23N2O4S+. The molecule has 1 amide bonds. The van der Waals surface area contributed by atoms with Gasteiger partial charge in [0.2, 0.25) is 0 Å². The Kier molecular flexibility index (Phi) is 5.24. The highest BCUT2D eigenvalue weighted by Gasteiger charge is 2.33. The van der Waals surface area contributed by atoms with E-state index >= 15 is 0 Å². The van der Waals surface area contributed by atoms with Gasteiger partial charge in [-0.2, -0.15) is 0 Å². The summed E-state index contributed by atoms with van der Waals surface area (Å²) in [5.74, 6) is 0.938. The second-order valence-electron chi connectivity index (χ2n) is 6.41. The predicted molar refractivity (Wildman–Crippen MR) is 93.6 cm³/mol. The van der Waals surface area contributed by atoms with Crippen LogP contribution in [0.2, 0.25) is 0 Å². The van der Waals surface area contributed by atoms with Crippen molar-refractivity contribution in [2.45, 2.75) is 18.5 Å². The van der Waals surface area contributed by atoms with E-state index in [1.54, 1.807) is 18.2 Å². The molecule has 1 aromatic heterocycles. The van der Waals surface area contributed by atoms with Gasteiger partial charge in [-0.15, -0.1) is 0 Å². The maximum atomic E-state index is 12.5. The number of likely N-dealkylation sites (N-methyl/N-ethyl adjacent to an activating group) is 1. The molecule has 0 saturated carbocycles. The van der Waals surface area contributed by atoms with Gasteiger partial charge in [0.15, 0.2) is 28.2 Å². The molecule has 2 N–H and O–H groups in total. The van der Waals surface area contributed by atoms with Crippen molar-refractivity contribution in [3.8, 4) is 0 Å². The minimum atomic E-state index is -3.00. The van der Waals surface area contributed by atoms with Gasteiger partial charge in [-0.1, -0.05) is 30.3 Å². The molecule has 0 unspecified atom stereocenters. The molecule has 1 saturated heterocycles. The van der Waals surface area contributed by atoms with Crippen molar-refractivity contribution in [1.82, 2.24) is 4.90 Å². The topological polar surface area (TPSA) is 84.2 Å². The number of hydrogen-bond acceptors (Lipinski definition) is 4. The van der Waals surface area contributed by atoms with Crippen molar-refractivity contribution in [3.05, 3.63) is 60.1 Å². The Labute approximate surface area is 147 Å². The van der Waals surface area contributed by atoms with E-state index in [9.17, 15) is 13.2 Å². The highest BCUT2D eigenvalue weighted by molar-refractivity contribution is 7.91. The quantitative estimate of drug-likeness (QED) is 0.814. The van der Waals surface area contributed by atoms with Crippen LogP contribution in [0, 0.1) is 0 Å². The lowest BCUT2D eigenvalue weighted by molar-refractivity contribution is -0.679. The molecule has 0 radical (unpaired) electrons. The molecule has 1 aliphatic heterocycles. The highest BCUT2D eigenvalue weighted by atomic mass is 32.2. The average Bonchev–Trinajstić information content (AvgIpc) is 3.25. The fourth-order valence-electron chi connectivity index (χ4n) is 3.19. The summed E-state index contributed by atoms with van der Waals surface area (Å²) < 4.78 is 28.8. The Morgan fingerprint density at radius 3 is 2.64 bits per heavy atom. The Bertz CT molecular complexity index is 803. The molecular weight excluding hydrogens is 340 g/mol. The number of carbonyl (C=O) groups is 1. The molecule has 25 heavy (non-hydrogen) atoms. The maximum Gasteiger partial charge on any atom is 0.277 e. The van der Waals surface area contributed by atoms with Crippen LogP contribution in [0.3, 0.4) is 0 Å². The van der Waals surface area contributed by atoms with Crippen LogP contribution < -0.4 is 5.32 Å². The first-order chi connectivity index (χ1) is 12.0. The summed E-state index contributed by atoms with van der Waals surface area (Å²) in [5.41, 5.74) is 1.05. The number of sulfone groups is 1. The first-order valence-corrected chi connectivity index (χ1v) is 10.2. The first kappa shape index (κ1) is 17.7. The van der Waals surface area contributed by atoms with Crippen LogP contribution in [0.5, 0.6) is 0 Å². The fraction of sp³-hybridized carbons (Fsp3) is 0.389. The van der Waals surface area contributed by atoms with E-state index in [0.29, 0.717) is 6.42 Å². The van der Waals surface area contributed by atoms with Crippen LogP contribution in [0.25, 0.3) is 0 Å². The lowest BCUT2D eigenvalue weighted by Crippen LogP contribution is -2.87. The zero-order valence-corrected chi connectivity index (χ0v) is 15.0. The van der Waals surface area contributed by atoms with Crippen molar-refractivity contribution < 1.29 is 22.9 Å². The zero-order valence-electron chi connectivity index (χ0n) is 14.2. The van der Waals surface area contributed by atoms with Crippen molar-refractivity contribution >= 4 is 15.7 Å². The largest absolute Gasteiger partial charge is 0.463 e. The van der Waals surface area contributed by atoms with Gasteiger partial charge in [0.25, 0.3) is 5.91 Å². The van der Waals surface area contributed by atoms with Crippen LogP contribution in [0.15, 0.2) is 53.1 Å². The predicted octanol–water partition coefficient (Wildman–Crippen LogP) is 0.578. The molecule has 2 atom stereocenters. The van der Waals surface area contributed by atoms with Gasteiger partial charge in [0, 0.05) is 18.7 Å². The molecule has 6 nitrogen and oxygen atoms in total. The van der Waals surface area contributed by atoms with Crippen molar-refractivity contribution in [1.29, 1.82) is 0 Å². The van der Waals surface area contributed by atoms with E-state index in [2.05, 4.69) is 0 Å². The number of carbonyl (C=O) groups excluding carboxylic acids is 1. The summed E-state index contributed by atoms with van der Waals surface area (Å²) in [7, 11) is -1.32. The maximum absolute atomic E-state index is 12.5. The lowest BCUT2D eigenvalue weighted by atomic mass is 10.0. The molecule has 1 aromatic carbocycles. The van der Waals surface area contributed by atoms with Gasteiger partial charge in [-0.05, 0) is 18.6 Å². The average molecular weight is 363 g/mol. The SMILES string of the molecule is CN(C(=O)C[NH2+][C@H](c1ccccc1)c1ccco1)[C@@H]1CCS(=O)(=O)C1. The summed E-state index contributed by atoms with van der Waals surface area (Å²) in [4.78, 5) is 14.1. The van der Waals surface area contributed by atoms with E-state index in [-0.39, 0.29) is 36.0 Å². The number of quaternary nitrogens is 1. The van der Waals surface area contributed by atoms with E-state index < -0.39 is 9.84 Å². The minimum Gasteiger partial charge on any atom is -0.463 e. The summed E-state index contributed by atoms with van der Waals surface area (Å²) >= 11 is 0. The van der Waals surface area contributed by atoms with Gasteiger partial charge in [-0.25, -0.2) is 8.42 Å². The van der Waals surface area contributed by atoms with Gasteiger partial charge in [0.05, 0.1) is 17.8 Å². The molecule has 7 heteroatoms. The van der Waals surface area contributed by atoms with Crippen LogP contribution in [0.4, 0.5) is 0 Å². The molecule has 2 aromatic rings. The molecule has 0 spiro atoms. The van der Waals surface area contributed by atoms with Gasteiger partial charge >= 0.3 is 0 Å². The van der Waals surface area contributed by atoms with E-state index in [1.165, 1.54) is 0 Å². The molecule has 0 aliphatic carbocycles. The van der Waals surface area contributed by atoms with Crippen molar-refractivity contribution in [2.75, 3.05) is 25.1 Å². The lowest BCUT2D eigenvalue weighted by Gasteiger charge is -2.23. The zero-order chi connectivity index (χ0) is 17.9. The van der Waals surface area contributed by atoms with Crippen LogP contribution in [-0.2, 0) is 14.6 Å². The van der Waals surface area contributed by atoms with Gasteiger partial charge < -0.3 is 14.6 Å². The first-order valence-electron chi connectivity index (χ1n) is 8.34. The highest BCUT2D eigenvalue weighted by Crippen LogP contribution is 2.19. The minimum absolute atomic E-state index is 0.0650. The van der Waals surface area contributed by atoms with Gasteiger partial charge in [-0.3, -0.25) is 4.79 Å². The molecule has 1 fully saturated rings. The van der Waals surface area contributed by atoms with Crippen LogP contribution >= 0.6 is 0 Å². The fourth-order valence-corrected chi connectivity index (χ4v) is 4.97. The number of rotatable bonds is 6. The van der Waals surface area contributed by atoms with E-state index in [4.69, 9.17) is 4.42 Å². The Morgan fingerprint density at radius 2 is 2.04 bits per heavy atom. The Morgan fingerprint density at radius 1 is 1.28 bits per heavy atom. The molecule has 3 rings (SSSR count). The van der Waals surface area contributed by atoms with E-state index in [0.717, 1.165) is 11.3 Å². The Hall–Kier alpha value is -2.12. The molecule has 1 aliphatic rings. The number of amides is 1. The normalized spacial score (nSPS) is 20.3. The number of hydrogen-bond donors (Lipinski definition) is 1. The smallest absolute Gasteiger partial charge is 0.277 e. The number of furan rings is 1. The summed E-state index contributed by atoms with van der Waals surface area (Å²) in [6.07, 6.45) is 2.14. The molecule has 134 valence electrons. The second kappa shape index (κ2) is 7.41. The molecule has 2 heterocycles. The van der Waals surface area contributed by atoms with Crippen molar-refractivity contribution in [2.24, 2.45) is 0 Å². The van der Waals surface area contributed by atoms with Crippen LogP contribution in [0.1, 0.15) is 23.8 Å². The molecule has 0 bridgehead atoms. The third-order valence-corrected chi connectivity index (χ3v) is 6.44. The van der Waals surface area contributed by atoms with E-state index in [1.807, 2.05) is 47.8 Å². The second-order valence-corrected chi connectivity index (χ2v) is 8.63. The summed E-state index contributed by atoms with van der Waals surface area (Å²) in [5, 5.41) is 1.93. The van der Waals surface area contributed by atoms with Crippen molar-refractivity contribution in [3.63, 3.8) is 0 Å². The summed E-state index contributed by atoms with van der Waals surface area (Å²) in [6, 6.07) is 13.3. The van der Waals surface area contributed by atoms with Crippen LogP contribution in [-0.4, -0.2) is 50.4 Å². The van der Waals surface area contributed by atoms with Gasteiger partial charge in [0.1, 0.15) is 0 Å². The third-order valence-electron chi connectivity index (χ3n) is 4.69. The number of nitrogens with zero attached hydrogens (tertiary/aromatic N) is 1. The summed E-state index contributed by atoms with van der Waals surface area (Å²) in [6.45, 7) is 0.229.